The van der Waals surface area contributed by atoms with Gasteiger partial charge in [-0.3, -0.25) is 4.79 Å². The van der Waals surface area contributed by atoms with Gasteiger partial charge in [-0.15, -0.1) is 0 Å². The van der Waals surface area contributed by atoms with Crippen molar-refractivity contribution < 1.29 is 14.3 Å². The Bertz CT molecular complexity index is 689. The number of pyridine rings is 1. The predicted molar refractivity (Wildman–Crippen MR) is 82.7 cm³/mol. The summed E-state index contributed by atoms with van der Waals surface area (Å²) in [6.07, 6.45) is 1.51. The zero-order valence-corrected chi connectivity index (χ0v) is 13.2. The van der Waals surface area contributed by atoms with E-state index < -0.39 is 11.9 Å². The van der Waals surface area contributed by atoms with Crippen LogP contribution in [0.1, 0.15) is 20.8 Å². The highest BCUT2D eigenvalue weighted by atomic mass is 79.9. The minimum absolute atomic E-state index is 0.215. The molecule has 1 amide bonds. The largest absolute Gasteiger partial charge is 0.465 e. The van der Waals surface area contributed by atoms with Crippen molar-refractivity contribution in [1.82, 2.24) is 4.98 Å². The van der Waals surface area contributed by atoms with E-state index in [1.165, 1.54) is 25.4 Å². The van der Waals surface area contributed by atoms with Gasteiger partial charge < -0.3 is 10.1 Å². The number of halogens is 2. The second-order valence-electron chi connectivity index (χ2n) is 4.00. The molecule has 0 saturated heterocycles. The van der Waals surface area contributed by atoms with Gasteiger partial charge in [-0.2, -0.15) is 0 Å². The highest BCUT2D eigenvalue weighted by molar-refractivity contribution is 9.10. The van der Waals surface area contributed by atoms with Crippen molar-refractivity contribution in [3.05, 3.63) is 57.3 Å². The SMILES string of the molecule is COC(=O)c1ccc(Cl)cc1NC(=O)c1ccc(Br)cn1. The first kappa shape index (κ1) is 15.5. The number of hydrogen-bond donors (Lipinski definition) is 1. The molecule has 0 saturated carbocycles. The van der Waals surface area contributed by atoms with E-state index in [0.29, 0.717) is 5.02 Å². The van der Waals surface area contributed by atoms with E-state index in [9.17, 15) is 9.59 Å². The Kier molecular flexibility index (Phi) is 4.93. The molecule has 0 bridgehead atoms. The molecule has 0 radical (unpaired) electrons. The first-order valence-corrected chi connectivity index (χ1v) is 6.99. The highest BCUT2D eigenvalue weighted by Gasteiger charge is 2.16. The fourth-order valence-corrected chi connectivity index (χ4v) is 2.01. The molecule has 2 rings (SSSR count). The van der Waals surface area contributed by atoms with Crippen LogP contribution in [-0.2, 0) is 4.74 Å². The molecule has 0 fully saturated rings. The molecule has 0 aliphatic heterocycles. The van der Waals surface area contributed by atoms with Crippen LogP contribution in [0.5, 0.6) is 0 Å². The van der Waals surface area contributed by atoms with E-state index in [2.05, 4.69) is 31.0 Å². The summed E-state index contributed by atoms with van der Waals surface area (Å²) in [4.78, 5) is 27.8. The summed E-state index contributed by atoms with van der Waals surface area (Å²) < 4.78 is 5.43. The second-order valence-corrected chi connectivity index (χ2v) is 5.35. The van der Waals surface area contributed by atoms with Crippen molar-refractivity contribution >= 4 is 45.1 Å². The fraction of sp³-hybridized carbons (Fsp3) is 0.0714. The van der Waals surface area contributed by atoms with E-state index in [0.717, 1.165) is 4.47 Å². The summed E-state index contributed by atoms with van der Waals surface area (Å²) >= 11 is 9.13. The van der Waals surface area contributed by atoms with Crippen molar-refractivity contribution in [3.63, 3.8) is 0 Å². The molecule has 0 spiro atoms. The van der Waals surface area contributed by atoms with Gasteiger partial charge in [0.05, 0.1) is 18.4 Å². The average Bonchev–Trinajstić information content (AvgIpc) is 2.47. The van der Waals surface area contributed by atoms with Crippen LogP contribution in [0.15, 0.2) is 41.0 Å². The fourth-order valence-electron chi connectivity index (χ4n) is 1.60. The molecule has 21 heavy (non-hydrogen) atoms. The van der Waals surface area contributed by atoms with E-state index in [-0.39, 0.29) is 16.9 Å². The van der Waals surface area contributed by atoms with Gasteiger partial charge in [0.25, 0.3) is 5.91 Å². The quantitative estimate of drug-likeness (QED) is 0.840. The Balaban J connectivity index is 2.30. The van der Waals surface area contributed by atoms with Crippen LogP contribution < -0.4 is 5.32 Å². The van der Waals surface area contributed by atoms with Crippen LogP contribution in [0.4, 0.5) is 5.69 Å². The van der Waals surface area contributed by atoms with Crippen molar-refractivity contribution in [3.8, 4) is 0 Å². The maximum Gasteiger partial charge on any atom is 0.339 e. The average molecular weight is 370 g/mol. The standard InChI is InChI=1S/C14H10BrClN2O3/c1-21-14(20)10-4-3-9(16)6-12(10)18-13(19)11-5-2-8(15)7-17-11/h2-7H,1H3,(H,18,19). The molecule has 2 aromatic rings. The van der Waals surface area contributed by atoms with Gasteiger partial charge >= 0.3 is 5.97 Å². The third-order valence-electron chi connectivity index (χ3n) is 2.60. The number of ether oxygens (including phenoxy) is 1. The lowest BCUT2D eigenvalue weighted by Gasteiger charge is -2.10. The number of carbonyl (C=O) groups excluding carboxylic acids is 2. The molecular formula is C14H10BrClN2O3. The summed E-state index contributed by atoms with van der Waals surface area (Å²) in [7, 11) is 1.26. The summed E-state index contributed by atoms with van der Waals surface area (Å²) in [5, 5.41) is 2.99. The molecule has 0 aliphatic carbocycles. The Morgan fingerprint density at radius 3 is 2.67 bits per heavy atom. The van der Waals surface area contributed by atoms with Crippen LogP contribution in [-0.4, -0.2) is 24.0 Å². The van der Waals surface area contributed by atoms with E-state index in [1.807, 2.05) is 0 Å². The van der Waals surface area contributed by atoms with Gasteiger partial charge in [0.15, 0.2) is 0 Å². The lowest BCUT2D eigenvalue weighted by Crippen LogP contribution is -2.16. The van der Waals surface area contributed by atoms with Crippen molar-refractivity contribution in [1.29, 1.82) is 0 Å². The van der Waals surface area contributed by atoms with Crippen molar-refractivity contribution in [2.24, 2.45) is 0 Å². The molecule has 5 nitrogen and oxygen atoms in total. The summed E-state index contributed by atoms with van der Waals surface area (Å²) in [6.45, 7) is 0. The maximum absolute atomic E-state index is 12.1. The van der Waals surface area contributed by atoms with Gasteiger partial charge in [0.2, 0.25) is 0 Å². The lowest BCUT2D eigenvalue weighted by molar-refractivity contribution is 0.0602. The van der Waals surface area contributed by atoms with Crippen LogP contribution in [0.25, 0.3) is 0 Å². The van der Waals surface area contributed by atoms with E-state index in [4.69, 9.17) is 11.6 Å². The number of amides is 1. The van der Waals surface area contributed by atoms with Crippen molar-refractivity contribution in [2.45, 2.75) is 0 Å². The highest BCUT2D eigenvalue weighted by Crippen LogP contribution is 2.22. The number of methoxy groups -OCH3 is 1. The summed E-state index contributed by atoms with van der Waals surface area (Å²) in [5.41, 5.74) is 0.699. The molecule has 7 heteroatoms. The molecular weight excluding hydrogens is 360 g/mol. The van der Waals surface area contributed by atoms with Crippen LogP contribution in [0, 0.1) is 0 Å². The third kappa shape index (κ3) is 3.80. The zero-order valence-electron chi connectivity index (χ0n) is 10.9. The number of esters is 1. The van der Waals surface area contributed by atoms with Crippen molar-refractivity contribution in [2.75, 3.05) is 12.4 Å². The molecule has 1 heterocycles. The zero-order chi connectivity index (χ0) is 15.4. The van der Waals surface area contributed by atoms with Gasteiger partial charge in [0.1, 0.15) is 5.69 Å². The third-order valence-corrected chi connectivity index (χ3v) is 3.30. The van der Waals surface area contributed by atoms with Crippen LogP contribution in [0.3, 0.4) is 0 Å². The maximum atomic E-state index is 12.1. The minimum Gasteiger partial charge on any atom is -0.465 e. The number of carbonyl (C=O) groups is 2. The Morgan fingerprint density at radius 2 is 2.05 bits per heavy atom. The number of nitrogens with zero attached hydrogens (tertiary/aromatic N) is 1. The first-order valence-electron chi connectivity index (χ1n) is 5.82. The molecule has 0 atom stereocenters. The minimum atomic E-state index is -0.564. The molecule has 1 aromatic carbocycles. The number of hydrogen-bond acceptors (Lipinski definition) is 4. The van der Waals surface area contributed by atoms with Gasteiger partial charge in [-0.1, -0.05) is 11.6 Å². The number of benzene rings is 1. The van der Waals surface area contributed by atoms with E-state index >= 15 is 0 Å². The smallest absolute Gasteiger partial charge is 0.339 e. The molecule has 0 unspecified atom stereocenters. The Hall–Kier alpha value is -1.92. The van der Waals surface area contributed by atoms with Gasteiger partial charge in [0, 0.05) is 15.7 Å². The van der Waals surface area contributed by atoms with E-state index in [1.54, 1.807) is 18.2 Å². The first-order chi connectivity index (χ1) is 10.0. The molecule has 0 aliphatic rings. The van der Waals surface area contributed by atoms with Crippen LogP contribution in [0.2, 0.25) is 5.02 Å². The summed E-state index contributed by atoms with van der Waals surface area (Å²) in [6, 6.07) is 7.76. The number of aromatic nitrogens is 1. The normalized spacial score (nSPS) is 10.0. The molecule has 1 N–H and O–H groups in total. The lowest BCUT2D eigenvalue weighted by atomic mass is 10.1. The topological polar surface area (TPSA) is 68.3 Å². The van der Waals surface area contributed by atoms with Gasteiger partial charge in [-0.05, 0) is 46.3 Å². The van der Waals surface area contributed by atoms with Crippen LogP contribution >= 0.6 is 27.5 Å². The predicted octanol–water partition coefficient (Wildman–Crippen LogP) is 3.54. The monoisotopic (exact) mass is 368 g/mol. The second kappa shape index (κ2) is 6.69. The van der Waals surface area contributed by atoms with Gasteiger partial charge in [-0.25, -0.2) is 9.78 Å². The molecule has 1 aromatic heterocycles. The Morgan fingerprint density at radius 1 is 1.29 bits per heavy atom. The summed E-state index contributed by atoms with van der Waals surface area (Å²) in [5.74, 6) is -1.01. The number of rotatable bonds is 3. The number of anilines is 1. The number of nitrogens with one attached hydrogen (secondary N) is 1. The molecule has 108 valence electrons. The Labute approximate surface area is 134 Å².